The lowest BCUT2D eigenvalue weighted by atomic mass is 10.1. The maximum Gasteiger partial charge on any atom is 0.292 e. The third-order valence-electron chi connectivity index (χ3n) is 4.66. The van der Waals surface area contributed by atoms with E-state index in [1.807, 2.05) is 75.4 Å². The Morgan fingerprint density at radius 3 is 2.67 bits per heavy atom. The fourth-order valence-electron chi connectivity index (χ4n) is 3.08. The van der Waals surface area contributed by atoms with E-state index in [1.54, 1.807) is 0 Å². The number of hydrogen-bond donors (Lipinski definition) is 2. The van der Waals surface area contributed by atoms with E-state index in [9.17, 15) is 4.21 Å². The Morgan fingerprint density at radius 2 is 1.93 bits per heavy atom. The van der Waals surface area contributed by atoms with Crippen molar-refractivity contribution in [2.45, 2.75) is 38.1 Å². The molecule has 2 aromatic rings. The Bertz CT molecular complexity index is 1040. The number of benzene rings is 2. The predicted octanol–water partition coefficient (Wildman–Crippen LogP) is 4.72. The minimum absolute atomic E-state index is 0.0352. The number of amidine groups is 1. The summed E-state index contributed by atoms with van der Waals surface area (Å²) in [7, 11) is -1.42. The number of aryl methyl sites for hydroxylation is 1. The number of nitrogens with one attached hydrogen (secondary N) is 1. The Labute approximate surface area is 180 Å². The van der Waals surface area contributed by atoms with Crippen LogP contribution in [0.2, 0.25) is 0 Å². The van der Waals surface area contributed by atoms with Crippen molar-refractivity contribution in [3.05, 3.63) is 83.1 Å². The highest BCUT2D eigenvalue weighted by atomic mass is 32.2. The van der Waals surface area contributed by atoms with Crippen LogP contribution in [0.15, 0.2) is 76.3 Å². The predicted molar refractivity (Wildman–Crippen MR) is 125 cm³/mol. The topological polar surface area (TPSA) is 76.7 Å². The molecule has 0 heterocycles. The molecule has 3 N–H and O–H groups in total. The highest BCUT2D eigenvalue weighted by Gasteiger charge is 2.16. The van der Waals surface area contributed by atoms with Crippen molar-refractivity contribution in [1.82, 2.24) is 4.72 Å². The highest BCUT2D eigenvalue weighted by molar-refractivity contribution is 7.83. The monoisotopic (exact) mass is 421 g/mol. The first kappa shape index (κ1) is 21.7. The smallest absolute Gasteiger partial charge is 0.292 e. The van der Waals surface area contributed by atoms with Crippen molar-refractivity contribution in [2.24, 2.45) is 10.7 Å². The molecule has 3 rings (SSSR count). The van der Waals surface area contributed by atoms with E-state index in [0.717, 1.165) is 28.0 Å². The third kappa shape index (κ3) is 5.55. The van der Waals surface area contributed by atoms with Gasteiger partial charge in [-0.05, 0) is 56.5 Å². The van der Waals surface area contributed by atoms with Gasteiger partial charge in [-0.25, -0.2) is 13.9 Å². The quantitative estimate of drug-likeness (QED) is 0.523. The van der Waals surface area contributed by atoms with Crippen LogP contribution in [0.1, 0.15) is 37.0 Å². The van der Waals surface area contributed by atoms with E-state index in [-0.39, 0.29) is 12.1 Å². The van der Waals surface area contributed by atoms with Gasteiger partial charge in [-0.2, -0.15) is 0 Å². The van der Waals surface area contributed by atoms with Gasteiger partial charge in [-0.15, -0.1) is 0 Å². The van der Waals surface area contributed by atoms with Crippen molar-refractivity contribution >= 4 is 29.2 Å². The summed E-state index contributed by atoms with van der Waals surface area (Å²) in [6.45, 7) is 5.76. The average Bonchev–Trinajstić information content (AvgIpc) is 2.99. The third-order valence-corrected chi connectivity index (χ3v) is 5.98. The fourth-order valence-corrected chi connectivity index (χ4v) is 4.24. The number of fused-ring (bicyclic) bond motifs is 1. The number of nitrogens with zero attached hydrogens (tertiary/aromatic N) is 1. The zero-order valence-electron chi connectivity index (χ0n) is 17.5. The summed E-state index contributed by atoms with van der Waals surface area (Å²) in [6.07, 6.45) is 10.9. The number of aliphatic imine (C=N–C) groups is 1. The number of rotatable bonds is 6. The standard InChI is InChI=1S/C24H27N3O2S/c1-4-22(26-24(25)29-20-15-13-17(2)14-16-20)18(3)27-30(28)23-12-8-10-19-9-6-5-7-11-21(19)23/h4,6-16,18,27H,5H2,1-3H3,(H2,25,26)/b22-4-. The van der Waals surface area contributed by atoms with Crippen LogP contribution in [0, 0.1) is 6.92 Å². The molecule has 0 bridgehead atoms. The summed E-state index contributed by atoms with van der Waals surface area (Å²) in [5.41, 5.74) is 9.78. The molecule has 1 aliphatic rings. The van der Waals surface area contributed by atoms with E-state index in [1.165, 1.54) is 0 Å². The van der Waals surface area contributed by atoms with Crippen LogP contribution in [0.5, 0.6) is 5.75 Å². The summed E-state index contributed by atoms with van der Waals surface area (Å²) < 4.78 is 21.8. The van der Waals surface area contributed by atoms with Crippen LogP contribution in [-0.2, 0) is 11.0 Å². The summed E-state index contributed by atoms with van der Waals surface area (Å²) in [5.74, 6) is 0.619. The molecule has 0 spiro atoms. The Hall–Kier alpha value is -2.96. The van der Waals surface area contributed by atoms with Crippen molar-refractivity contribution in [3.8, 4) is 5.75 Å². The van der Waals surface area contributed by atoms with Crippen molar-refractivity contribution in [2.75, 3.05) is 0 Å². The summed E-state index contributed by atoms with van der Waals surface area (Å²) in [5, 5.41) is 0. The van der Waals surface area contributed by atoms with Gasteiger partial charge in [-0.1, -0.05) is 60.2 Å². The lowest BCUT2D eigenvalue weighted by molar-refractivity contribution is 0.539. The van der Waals surface area contributed by atoms with Gasteiger partial charge in [0.25, 0.3) is 6.02 Å². The second-order valence-electron chi connectivity index (χ2n) is 6.99. The molecular weight excluding hydrogens is 394 g/mol. The van der Waals surface area contributed by atoms with E-state index in [4.69, 9.17) is 10.5 Å². The first-order chi connectivity index (χ1) is 14.5. The average molecular weight is 422 g/mol. The second kappa shape index (κ2) is 10.2. The maximum atomic E-state index is 13.1. The zero-order chi connectivity index (χ0) is 21.5. The lowest BCUT2D eigenvalue weighted by Gasteiger charge is -2.16. The number of nitrogens with two attached hydrogens (primary N) is 1. The molecule has 0 amide bonds. The first-order valence-corrected chi connectivity index (χ1v) is 11.0. The van der Waals surface area contributed by atoms with Crippen LogP contribution in [-0.4, -0.2) is 16.3 Å². The number of hydrogen-bond acceptors (Lipinski definition) is 3. The van der Waals surface area contributed by atoms with Crippen LogP contribution in [0.25, 0.3) is 12.2 Å². The SMILES string of the molecule is C/C=C(\N=C(N)Oc1ccc(C)cc1)C(C)NS(=O)c1cccc2c1C=CCC=C2. The summed E-state index contributed by atoms with van der Waals surface area (Å²) >= 11 is 0. The molecule has 0 radical (unpaired) electrons. The van der Waals surface area contributed by atoms with Crippen molar-refractivity contribution in [1.29, 1.82) is 0 Å². The first-order valence-electron chi connectivity index (χ1n) is 9.87. The van der Waals surface area contributed by atoms with E-state index < -0.39 is 11.0 Å². The second-order valence-corrected chi connectivity index (χ2v) is 8.20. The van der Waals surface area contributed by atoms with Gasteiger partial charge < -0.3 is 10.5 Å². The largest absolute Gasteiger partial charge is 0.426 e. The molecule has 0 saturated heterocycles. The summed E-state index contributed by atoms with van der Waals surface area (Å²) in [4.78, 5) is 5.11. The van der Waals surface area contributed by atoms with E-state index in [0.29, 0.717) is 11.4 Å². The van der Waals surface area contributed by atoms with E-state index in [2.05, 4.69) is 27.9 Å². The zero-order valence-corrected chi connectivity index (χ0v) is 18.3. The van der Waals surface area contributed by atoms with E-state index >= 15 is 0 Å². The maximum absolute atomic E-state index is 13.1. The molecule has 156 valence electrons. The highest BCUT2D eigenvalue weighted by Crippen LogP contribution is 2.24. The Morgan fingerprint density at radius 1 is 1.20 bits per heavy atom. The van der Waals surface area contributed by atoms with Gasteiger partial charge in [-0.3, -0.25) is 0 Å². The van der Waals surface area contributed by atoms with Crippen LogP contribution in [0.4, 0.5) is 0 Å². The fraction of sp³-hybridized carbons (Fsp3) is 0.208. The molecule has 2 atom stereocenters. The molecule has 5 nitrogen and oxygen atoms in total. The van der Waals surface area contributed by atoms with Gasteiger partial charge in [0.15, 0.2) is 0 Å². The molecule has 6 heteroatoms. The van der Waals surface area contributed by atoms with Gasteiger partial charge in [0, 0.05) is 0 Å². The van der Waals surface area contributed by atoms with Gasteiger partial charge >= 0.3 is 0 Å². The molecule has 30 heavy (non-hydrogen) atoms. The normalized spacial score (nSPS) is 16.0. The molecular formula is C24H27N3O2S. The molecule has 1 aliphatic carbocycles. The van der Waals surface area contributed by atoms with Crippen molar-refractivity contribution < 1.29 is 8.95 Å². The molecule has 0 aromatic heterocycles. The lowest BCUT2D eigenvalue weighted by Crippen LogP contribution is -2.31. The van der Waals surface area contributed by atoms with Gasteiger partial charge in [0.2, 0.25) is 0 Å². The minimum atomic E-state index is -1.42. The Kier molecular flexibility index (Phi) is 7.38. The van der Waals surface area contributed by atoms with Crippen LogP contribution in [0.3, 0.4) is 0 Å². The molecule has 2 aromatic carbocycles. The minimum Gasteiger partial charge on any atom is -0.426 e. The van der Waals surface area contributed by atoms with Gasteiger partial charge in [0.1, 0.15) is 16.7 Å². The number of ether oxygens (including phenoxy) is 1. The molecule has 0 aliphatic heterocycles. The van der Waals surface area contributed by atoms with Crippen molar-refractivity contribution in [3.63, 3.8) is 0 Å². The van der Waals surface area contributed by atoms with Gasteiger partial charge in [0.05, 0.1) is 16.6 Å². The van der Waals surface area contributed by atoms with Crippen LogP contribution < -0.4 is 15.2 Å². The number of allylic oxidation sites excluding steroid dienone is 3. The Balaban J connectivity index is 1.72. The molecule has 2 unspecified atom stereocenters. The van der Waals surface area contributed by atoms with Crippen LogP contribution >= 0.6 is 0 Å². The molecule has 0 fully saturated rings. The summed E-state index contributed by atoms with van der Waals surface area (Å²) in [6, 6.07) is 13.1. The molecule has 0 saturated carbocycles.